The maximum atomic E-state index is 6.97. The van der Waals surface area contributed by atoms with Crippen LogP contribution in [0.25, 0.3) is 0 Å². The minimum Gasteiger partial charge on any atom is -0.456 e. The van der Waals surface area contributed by atoms with Gasteiger partial charge in [0.05, 0.1) is 32.3 Å². The standard InChI is InChI=1S/C18H44O4Si4.C16H30Si2.C15H38O4Si4.C15H28Si2.C12H30OSi2.C11H28OSi2.C8H22OSi2.C7H18Si.C6H16Si.4C2H4/c1-9-13-16-24(6)19-23(5,12-4)20-25(7,17-14-10-2)22-26(8,21-24)18-15-11-3;1-7-9-14-18(5,6)16-12-10-15(11-13-16)17(3,4)8-2;1-9-13-21(6)16-20(5,12-4)17-22(7,14-10-2)19-23(8,18-21)15-11-3;1-7-13-17(5,6)15-11-9-14(10-12-15)16(3,4)8-2;1-7-9-11-14(3,4)13-15(5,6)12-10-8-2;1-7-9-11-14(5,6)12-13(3,4)10-8-2;1-7-8-11(5,6)9-10(2,3)4;1-5-6-7-8(2,3)4;1-5-6-7(2,3)4;4*1-2/h9-18H2,1-8H3;10-13H,7-9,14H2,1-6H3;9-15H2,1-8H3;9-12H,7-8,13H2,1-6H3;7-12H2,1-6H3;7-11H2,1-6H3;7-8H2,1-6H3;5-7H2,1-4H3;5-6H2,1-4H3;4*1-2H2. The smallest absolute Gasteiger partial charge is 0.317 e. The summed E-state index contributed by atoms with van der Waals surface area (Å²) in [6, 6.07) is 42.7. The van der Waals surface area contributed by atoms with Crippen molar-refractivity contribution in [2.75, 3.05) is 0 Å². The van der Waals surface area contributed by atoms with Crippen LogP contribution in [0.5, 0.6) is 0 Å². The fourth-order valence-corrected chi connectivity index (χ4v) is 104. The third-order valence-electron chi connectivity index (χ3n) is 27.6. The number of unbranched alkanes of at least 4 members (excludes halogenated alkanes) is 8. The summed E-state index contributed by atoms with van der Waals surface area (Å²) in [5.41, 5.74) is 0. The zero-order valence-corrected chi connectivity index (χ0v) is 130. The van der Waals surface area contributed by atoms with E-state index in [4.69, 9.17) is 45.3 Å². The maximum Gasteiger partial charge on any atom is 0.317 e. The van der Waals surface area contributed by atoms with Crippen molar-refractivity contribution < 1.29 is 45.3 Å². The van der Waals surface area contributed by atoms with Crippen LogP contribution in [0.1, 0.15) is 279 Å². The van der Waals surface area contributed by atoms with Crippen molar-refractivity contribution in [3.8, 4) is 0 Å². The van der Waals surface area contributed by atoms with E-state index in [9.17, 15) is 0 Å². The molecule has 4 rings (SSSR count). The van der Waals surface area contributed by atoms with E-state index in [2.05, 4.69) is 462 Å². The van der Waals surface area contributed by atoms with Crippen LogP contribution in [0.15, 0.2) is 101 Å². The van der Waals surface area contributed by atoms with Gasteiger partial charge in [-0.2, -0.15) is 0 Å². The van der Waals surface area contributed by atoms with Gasteiger partial charge in [-0.05, 0) is 216 Å². The average molecular weight is 2400 g/mol. The van der Waals surface area contributed by atoms with Crippen molar-refractivity contribution in [2.24, 2.45) is 0 Å². The molecule has 4 unspecified atom stereocenters. The molecule has 0 aliphatic carbocycles. The topological polar surface area (TPSA) is 102 Å². The van der Waals surface area contributed by atoms with Gasteiger partial charge in [0.25, 0.3) is 0 Å². The highest BCUT2D eigenvalue weighted by molar-refractivity contribution is 6.97. The Hall–Kier alpha value is 1.30. The summed E-state index contributed by atoms with van der Waals surface area (Å²) in [5, 5.41) is 6.50. The molecule has 2 fully saturated rings. The number of hydrogen-bond donors (Lipinski definition) is 0. The third kappa shape index (κ3) is 85.0. The van der Waals surface area contributed by atoms with E-state index in [1.165, 1.54) is 195 Å². The molecular formula is C116H270O11Si20. The summed E-state index contributed by atoms with van der Waals surface area (Å²) < 4.78 is 74.0. The average Bonchev–Trinajstić information content (AvgIpc) is 0.791. The van der Waals surface area contributed by atoms with Crippen molar-refractivity contribution in [3.63, 3.8) is 0 Å². The van der Waals surface area contributed by atoms with E-state index < -0.39 is 167 Å². The molecule has 2 aromatic carbocycles. The minimum absolute atomic E-state index is 0.657. The zero-order chi connectivity index (χ0) is 117. The van der Waals surface area contributed by atoms with Gasteiger partial charge in [0, 0.05) is 16.1 Å². The highest BCUT2D eigenvalue weighted by Crippen LogP contribution is 2.42. The molecule has 880 valence electrons. The Morgan fingerprint density at radius 1 is 0.190 bits per heavy atom. The van der Waals surface area contributed by atoms with Crippen LogP contribution < -0.4 is 20.7 Å². The Morgan fingerprint density at radius 3 is 0.551 bits per heavy atom. The predicted molar refractivity (Wildman–Crippen MR) is 734 cm³/mol. The second-order valence-corrected chi connectivity index (χ2v) is 139. The van der Waals surface area contributed by atoms with Crippen molar-refractivity contribution in [1.29, 1.82) is 0 Å². The molecule has 0 N–H and O–H groups in total. The van der Waals surface area contributed by atoms with Crippen molar-refractivity contribution in [2.45, 2.75) is 623 Å². The molecule has 0 aromatic heterocycles. The van der Waals surface area contributed by atoms with Crippen molar-refractivity contribution >= 4 is 188 Å². The monoisotopic (exact) mass is 2400 g/mol. The van der Waals surface area contributed by atoms with Gasteiger partial charge in [0.15, 0.2) is 49.9 Å². The highest BCUT2D eigenvalue weighted by Gasteiger charge is 2.58. The van der Waals surface area contributed by atoms with Gasteiger partial charge in [0.2, 0.25) is 0 Å². The molecule has 0 spiro atoms. The second-order valence-electron chi connectivity index (χ2n) is 52.4. The lowest BCUT2D eigenvalue weighted by Gasteiger charge is -2.50. The molecule has 31 heteroatoms. The molecule has 11 nitrogen and oxygen atoms in total. The lowest BCUT2D eigenvalue weighted by molar-refractivity contribution is 0.219. The van der Waals surface area contributed by atoms with Crippen molar-refractivity contribution in [1.82, 2.24) is 0 Å². The van der Waals surface area contributed by atoms with E-state index in [1.807, 2.05) is 0 Å². The summed E-state index contributed by atoms with van der Waals surface area (Å²) in [6.45, 7) is 150. The van der Waals surface area contributed by atoms with E-state index >= 15 is 0 Å². The fraction of sp³-hybridized carbons (Fsp3) is 0.828. The summed E-state index contributed by atoms with van der Waals surface area (Å²) in [5.74, 6) is 0. The number of benzene rings is 2. The van der Waals surface area contributed by atoms with Gasteiger partial charge in [-0.3, -0.25) is 0 Å². The Kier molecular flexibility index (Phi) is 94.2. The first-order valence-electron chi connectivity index (χ1n) is 60.3. The normalized spacial score (nSPS) is 21.5. The van der Waals surface area contributed by atoms with E-state index in [0.29, 0.717) is 0 Å². The molecular weight excluding hydrogens is 2130 g/mol. The lowest BCUT2D eigenvalue weighted by Crippen LogP contribution is -2.67. The molecule has 2 aliphatic heterocycles. The minimum atomic E-state index is -2.29. The fourth-order valence-electron chi connectivity index (χ4n) is 19.3. The SMILES string of the molecule is C=C.C=C.C=C.C=C.CCCC[Si](C)(C)C.CCCC[Si](C)(C)O[Si](C)(C)CCC.CCCC[Si](C)(C)O[Si](C)(C)CCCC.CCCC[Si](C)(C)c1ccc([Si](C)(C)CC)cc1.CCCC[Si]1(C)O[Si](C)(CC)O[Si](C)(CCCC)O[Si](C)(CCCC)O1.CCC[Si](C)(C)C.CCC[Si](C)(C)O[Si](C)(C)C.CCC[Si](C)(C)c1ccc([Si](C)(C)CC)cc1.CCC[Si]1(C)O[Si](C)(CC)O[Si](C)(CCC)O[Si](C)(CCC)O1. The van der Waals surface area contributed by atoms with Gasteiger partial charge in [-0.25, -0.2) is 0 Å². The van der Waals surface area contributed by atoms with Gasteiger partial charge < -0.3 is 45.3 Å². The molecule has 2 saturated heterocycles. The highest BCUT2D eigenvalue weighted by atomic mass is 28.5. The van der Waals surface area contributed by atoms with Crippen LogP contribution >= 0.6 is 0 Å². The Labute approximate surface area is 948 Å². The van der Waals surface area contributed by atoms with E-state index in [1.54, 1.807) is 20.7 Å². The van der Waals surface area contributed by atoms with Crippen LogP contribution in [0.4, 0.5) is 0 Å². The summed E-state index contributed by atoms with van der Waals surface area (Å²) in [7, 11) is -31.9. The van der Waals surface area contributed by atoms with Gasteiger partial charge >= 0.3 is 68.5 Å². The molecule has 2 aliphatic rings. The predicted octanol–water partition coefficient (Wildman–Crippen LogP) is 42.8. The third-order valence-corrected chi connectivity index (χ3v) is 106. The molecule has 0 amide bonds. The molecule has 2 aromatic rings. The summed E-state index contributed by atoms with van der Waals surface area (Å²) >= 11 is 0. The Balaban J connectivity index is -0.000000211. The van der Waals surface area contributed by atoms with Crippen LogP contribution in [0.3, 0.4) is 0 Å². The molecule has 2 heterocycles. The van der Waals surface area contributed by atoms with Crippen molar-refractivity contribution in [3.05, 3.63) is 101 Å². The second kappa shape index (κ2) is 83.5. The quantitative estimate of drug-likeness (QED) is 0.0467. The molecule has 0 bridgehead atoms. The van der Waals surface area contributed by atoms with E-state index in [-0.39, 0.29) is 0 Å². The Morgan fingerprint density at radius 2 is 0.374 bits per heavy atom. The van der Waals surface area contributed by atoms with Gasteiger partial charge in [-0.1, -0.05) is 476 Å². The first-order valence-corrected chi connectivity index (χ1v) is 120. The first-order chi connectivity index (χ1) is 67.4. The first kappa shape index (κ1) is 166. The Bertz CT molecular complexity index is 3360. The van der Waals surface area contributed by atoms with Gasteiger partial charge in [0.1, 0.15) is 0 Å². The molecule has 0 radical (unpaired) electrons. The van der Waals surface area contributed by atoms with Crippen LogP contribution in [-0.4, -0.2) is 167 Å². The number of hydrogen-bond acceptors (Lipinski definition) is 11. The van der Waals surface area contributed by atoms with Crippen LogP contribution in [0, 0.1) is 0 Å². The zero-order valence-electron chi connectivity index (χ0n) is 110. The lowest BCUT2D eigenvalue weighted by atomic mass is 10.4. The number of rotatable bonds is 52. The van der Waals surface area contributed by atoms with Crippen LogP contribution in [0.2, 0.25) is 344 Å². The molecule has 0 saturated carbocycles. The van der Waals surface area contributed by atoms with Crippen LogP contribution in [-0.2, 0) is 45.3 Å². The molecule has 147 heavy (non-hydrogen) atoms. The maximum absolute atomic E-state index is 6.97. The molecule has 4 atom stereocenters. The summed E-state index contributed by atoms with van der Waals surface area (Å²) in [4.78, 5) is 0. The summed E-state index contributed by atoms with van der Waals surface area (Å²) in [6.07, 6.45) is 29.0. The van der Waals surface area contributed by atoms with Gasteiger partial charge in [-0.15, -0.1) is 52.6 Å². The van der Waals surface area contributed by atoms with E-state index in [0.717, 1.165) is 67.6 Å². The largest absolute Gasteiger partial charge is 0.456 e.